The predicted octanol–water partition coefficient (Wildman–Crippen LogP) is 3.22. The van der Waals surface area contributed by atoms with Crippen LogP contribution in [0.1, 0.15) is 27.2 Å². The Labute approximate surface area is 150 Å². The van der Waals surface area contributed by atoms with E-state index in [1.165, 1.54) is 4.88 Å². The van der Waals surface area contributed by atoms with E-state index in [1.807, 2.05) is 36.5 Å². The second-order valence-electron chi connectivity index (χ2n) is 6.72. The largest absolute Gasteiger partial charge is 0.468 e. The summed E-state index contributed by atoms with van der Waals surface area (Å²) in [4.78, 5) is 18.7. The van der Waals surface area contributed by atoms with Crippen LogP contribution >= 0.6 is 11.3 Å². The molecule has 0 unspecified atom stereocenters. The van der Waals surface area contributed by atoms with Crippen LogP contribution in [-0.2, 0) is 13.1 Å². The molecule has 1 fully saturated rings. The monoisotopic (exact) mass is 353 g/mol. The molecule has 25 heavy (non-hydrogen) atoms. The van der Waals surface area contributed by atoms with Crippen LogP contribution in [0.25, 0.3) is 0 Å². The van der Waals surface area contributed by atoms with Crippen molar-refractivity contribution in [1.29, 1.82) is 0 Å². The summed E-state index contributed by atoms with van der Waals surface area (Å²) in [6.45, 7) is 3.29. The number of furan rings is 1. The van der Waals surface area contributed by atoms with E-state index in [0.717, 1.165) is 31.1 Å². The number of nitrogens with zero attached hydrogens (tertiary/aromatic N) is 3. The van der Waals surface area contributed by atoms with Gasteiger partial charge in [0.1, 0.15) is 11.5 Å². The topological polar surface area (TPSA) is 41.6 Å². The minimum Gasteiger partial charge on any atom is -0.468 e. The zero-order chi connectivity index (χ0) is 16.8. The lowest BCUT2D eigenvalue weighted by atomic mass is 10.1. The highest BCUT2D eigenvalue weighted by Gasteiger charge is 2.45. The number of hydrogen-bond acceptors (Lipinski definition) is 4. The molecular formula is C19H19N3O2S. The van der Waals surface area contributed by atoms with E-state index in [4.69, 9.17) is 4.42 Å². The van der Waals surface area contributed by atoms with E-state index in [1.54, 1.807) is 17.6 Å². The summed E-state index contributed by atoms with van der Waals surface area (Å²) in [5.41, 5.74) is 0.803. The van der Waals surface area contributed by atoms with E-state index in [9.17, 15) is 4.79 Å². The van der Waals surface area contributed by atoms with Gasteiger partial charge in [-0.25, -0.2) is 0 Å². The van der Waals surface area contributed by atoms with E-state index < -0.39 is 0 Å². The molecule has 1 amide bonds. The molecule has 5 nitrogen and oxygen atoms in total. The highest BCUT2D eigenvalue weighted by molar-refractivity contribution is 7.09. The maximum atomic E-state index is 13.0. The standard InChI is InChI=1S/C19H19N3O2S/c23-19-16-6-1-7-21(16)17-12-20(10-14-4-2-8-24-14)13-18(17)22(19)11-15-5-3-9-25-15/h1-9,17-18H,10-13H2/t17-,18+/m1/s1. The number of thiophene rings is 1. The molecule has 128 valence electrons. The fourth-order valence-electron chi connectivity index (χ4n) is 4.10. The maximum absolute atomic E-state index is 13.0. The number of rotatable bonds is 4. The second kappa shape index (κ2) is 5.89. The average Bonchev–Trinajstić information content (AvgIpc) is 3.36. The van der Waals surface area contributed by atoms with Gasteiger partial charge in [0.25, 0.3) is 5.91 Å². The molecule has 0 bridgehead atoms. The minimum atomic E-state index is 0.138. The normalized spacial score (nSPS) is 23.0. The predicted molar refractivity (Wildman–Crippen MR) is 95.4 cm³/mol. The van der Waals surface area contributed by atoms with Crippen molar-refractivity contribution < 1.29 is 9.21 Å². The Balaban J connectivity index is 1.45. The first kappa shape index (κ1) is 15.0. The Hall–Kier alpha value is -2.31. The van der Waals surface area contributed by atoms with E-state index >= 15 is 0 Å². The van der Waals surface area contributed by atoms with Crippen molar-refractivity contribution in [2.24, 2.45) is 0 Å². The molecule has 0 saturated carbocycles. The summed E-state index contributed by atoms with van der Waals surface area (Å²) < 4.78 is 7.68. The summed E-state index contributed by atoms with van der Waals surface area (Å²) in [5.74, 6) is 1.11. The average molecular weight is 353 g/mol. The zero-order valence-electron chi connectivity index (χ0n) is 13.7. The van der Waals surface area contributed by atoms with Crippen LogP contribution in [0.4, 0.5) is 0 Å². The van der Waals surface area contributed by atoms with Crippen molar-refractivity contribution in [3.8, 4) is 0 Å². The second-order valence-corrected chi connectivity index (χ2v) is 7.75. The van der Waals surface area contributed by atoms with Crippen molar-refractivity contribution >= 4 is 17.2 Å². The molecule has 6 heteroatoms. The Kier molecular flexibility index (Phi) is 3.53. The lowest BCUT2D eigenvalue weighted by Gasteiger charge is -2.38. The van der Waals surface area contributed by atoms with Crippen molar-refractivity contribution in [1.82, 2.24) is 14.4 Å². The van der Waals surface area contributed by atoms with Crippen LogP contribution in [0.5, 0.6) is 0 Å². The van der Waals surface area contributed by atoms with Crippen molar-refractivity contribution in [2.75, 3.05) is 13.1 Å². The molecule has 0 aliphatic carbocycles. The molecule has 2 aliphatic heterocycles. The SMILES string of the molecule is O=C1c2cccn2[C@@H]2CN(Cc3ccco3)C[C@@H]2N1Cc1cccs1. The van der Waals surface area contributed by atoms with Gasteiger partial charge in [0.05, 0.1) is 31.4 Å². The molecule has 1 saturated heterocycles. The number of carbonyl (C=O) groups is 1. The highest BCUT2D eigenvalue weighted by atomic mass is 32.1. The summed E-state index contributed by atoms with van der Waals surface area (Å²) in [7, 11) is 0. The third-order valence-electron chi connectivity index (χ3n) is 5.22. The van der Waals surface area contributed by atoms with Gasteiger partial charge in [0.15, 0.2) is 0 Å². The molecular weight excluding hydrogens is 334 g/mol. The van der Waals surface area contributed by atoms with Gasteiger partial charge in [-0.1, -0.05) is 6.07 Å². The Morgan fingerprint density at radius 3 is 2.80 bits per heavy atom. The van der Waals surface area contributed by atoms with Gasteiger partial charge in [0, 0.05) is 24.2 Å². The van der Waals surface area contributed by atoms with Gasteiger partial charge >= 0.3 is 0 Å². The molecule has 0 spiro atoms. The summed E-state index contributed by atoms with van der Waals surface area (Å²) >= 11 is 1.71. The fourth-order valence-corrected chi connectivity index (χ4v) is 4.80. The molecule has 5 heterocycles. The van der Waals surface area contributed by atoms with Crippen LogP contribution < -0.4 is 0 Å². The van der Waals surface area contributed by atoms with E-state index in [2.05, 4.69) is 25.8 Å². The van der Waals surface area contributed by atoms with Crippen molar-refractivity contribution in [3.05, 3.63) is 70.6 Å². The van der Waals surface area contributed by atoms with Crippen LogP contribution in [0.2, 0.25) is 0 Å². The van der Waals surface area contributed by atoms with Gasteiger partial charge in [0.2, 0.25) is 0 Å². The summed E-state index contributed by atoms with van der Waals surface area (Å²) in [6, 6.07) is 12.5. The Morgan fingerprint density at radius 2 is 2.00 bits per heavy atom. The first-order valence-electron chi connectivity index (χ1n) is 8.54. The summed E-state index contributed by atoms with van der Waals surface area (Å²) in [6.07, 6.45) is 3.76. The molecule has 0 aromatic carbocycles. The maximum Gasteiger partial charge on any atom is 0.271 e. The lowest BCUT2D eigenvalue weighted by Crippen LogP contribution is -2.49. The molecule has 3 aromatic rings. The van der Waals surface area contributed by atoms with Gasteiger partial charge in [-0.05, 0) is 35.7 Å². The Morgan fingerprint density at radius 1 is 1.08 bits per heavy atom. The number of aromatic nitrogens is 1. The van der Waals surface area contributed by atoms with Crippen LogP contribution in [-0.4, -0.2) is 39.4 Å². The molecule has 5 rings (SSSR count). The van der Waals surface area contributed by atoms with E-state index in [-0.39, 0.29) is 11.9 Å². The molecule has 2 aliphatic rings. The molecule has 0 N–H and O–H groups in total. The van der Waals surface area contributed by atoms with Crippen LogP contribution in [0, 0.1) is 0 Å². The smallest absolute Gasteiger partial charge is 0.271 e. The molecule has 0 radical (unpaired) electrons. The van der Waals surface area contributed by atoms with Gasteiger partial charge in [-0.2, -0.15) is 0 Å². The zero-order valence-corrected chi connectivity index (χ0v) is 14.6. The minimum absolute atomic E-state index is 0.138. The first-order valence-corrected chi connectivity index (χ1v) is 9.42. The number of amides is 1. The molecule has 3 aromatic heterocycles. The third kappa shape index (κ3) is 2.53. The lowest BCUT2D eigenvalue weighted by molar-refractivity contribution is 0.0559. The van der Waals surface area contributed by atoms with Crippen molar-refractivity contribution in [2.45, 2.75) is 25.2 Å². The first-order chi connectivity index (χ1) is 12.3. The highest BCUT2D eigenvalue weighted by Crippen LogP contribution is 2.35. The number of likely N-dealkylation sites (tertiary alicyclic amines) is 1. The van der Waals surface area contributed by atoms with Gasteiger partial charge in [-0.15, -0.1) is 11.3 Å². The van der Waals surface area contributed by atoms with Crippen molar-refractivity contribution in [3.63, 3.8) is 0 Å². The van der Waals surface area contributed by atoms with Gasteiger partial charge in [-0.3, -0.25) is 9.69 Å². The van der Waals surface area contributed by atoms with E-state index in [0.29, 0.717) is 12.6 Å². The van der Waals surface area contributed by atoms with Crippen LogP contribution in [0.3, 0.4) is 0 Å². The third-order valence-corrected chi connectivity index (χ3v) is 6.08. The fraction of sp³-hybridized carbons (Fsp3) is 0.316. The molecule has 2 atom stereocenters. The quantitative estimate of drug-likeness (QED) is 0.723. The number of carbonyl (C=O) groups excluding carboxylic acids is 1. The number of hydrogen-bond donors (Lipinski definition) is 0. The number of fused-ring (bicyclic) bond motifs is 3. The van der Waals surface area contributed by atoms with Crippen LogP contribution in [0.15, 0.2) is 58.7 Å². The van der Waals surface area contributed by atoms with Gasteiger partial charge < -0.3 is 13.9 Å². The Bertz CT molecular complexity index is 869. The summed E-state index contributed by atoms with van der Waals surface area (Å²) in [5, 5.41) is 2.07.